The van der Waals surface area contributed by atoms with Gasteiger partial charge in [-0.3, -0.25) is 0 Å². The highest BCUT2D eigenvalue weighted by atomic mass is 28.5. The van der Waals surface area contributed by atoms with Crippen LogP contribution in [0.5, 0.6) is 0 Å². The molecule has 0 aromatic carbocycles. The lowest BCUT2D eigenvalue weighted by molar-refractivity contribution is 0.272. The largest absolute Gasteiger partial charge is 0.416 e. The number of nitrogens with two attached hydrogens (primary N) is 1. The first-order valence-corrected chi connectivity index (χ1v) is 18.0. The van der Waals surface area contributed by atoms with E-state index in [0.717, 1.165) is 6.42 Å². The van der Waals surface area contributed by atoms with Crippen LogP contribution in [-0.4, -0.2) is 50.4 Å². The van der Waals surface area contributed by atoms with Crippen LogP contribution in [0.1, 0.15) is 6.42 Å². The fourth-order valence-electron chi connectivity index (χ4n) is 2.22. The van der Waals surface area contributed by atoms with E-state index < -0.39 is 34.2 Å². The van der Waals surface area contributed by atoms with Crippen LogP contribution in [0.4, 0.5) is 0 Å². The summed E-state index contributed by atoms with van der Waals surface area (Å²) < 4.78 is 17.9. The van der Waals surface area contributed by atoms with Crippen LogP contribution < -0.4 is 5.73 Å². The van der Waals surface area contributed by atoms with Gasteiger partial charge in [-0.25, -0.2) is 0 Å². The first-order valence-electron chi connectivity index (χ1n) is 6.93. The zero-order valence-electron chi connectivity index (χ0n) is 13.8. The van der Waals surface area contributed by atoms with E-state index in [1.165, 1.54) is 0 Å². The second kappa shape index (κ2) is 7.26. The van der Waals surface area contributed by atoms with Crippen molar-refractivity contribution in [1.29, 1.82) is 0 Å². The van der Waals surface area contributed by atoms with E-state index >= 15 is 0 Å². The molecule has 0 aromatic heterocycles. The Balaban J connectivity index is 4.96. The van der Waals surface area contributed by atoms with Crippen molar-refractivity contribution < 1.29 is 21.9 Å². The van der Waals surface area contributed by atoms with Crippen LogP contribution in [0, 0.1) is 0 Å². The van der Waals surface area contributed by atoms with Crippen molar-refractivity contribution in [1.82, 2.24) is 0 Å². The summed E-state index contributed by atoms with van der Waals surface area (Å²) in [5, 5.41) is 0. The van der Waals surface area contributed by atoms with Gasteiger partial charge in [-0.1, -0.05) is 0 Å². The molecule has 1 atom stereocenters. The van der Waals surface area contributed by atoms with Crippen LogP contribution in [0.15, 0.2) is 0 Å². The van der Waals surface area contributed by atoms with Gasteiger partial charge in [0.25, 0.3) is 0 Å². The fraction of sp³-hybridized carbons (Fsp3) is 1.00. The Morgan fingerprint density at radius 1 is 0.800 bits per heavy atom. The molecule has 6 nitrogen and oxygen atoms in total. The molecule has 0 aliphatic rings. The molecule has 0 aliphatic carbocycles. The molecule has 0 spiro atoms. The van der Waals surface area contributed by atoms with Gasteiger partial charge in [0, 0.05) is 0 Å². The Kier molecular flexibility index (Phi) is 7.49. The van der Waals surface area contributed by atoms with Crippen molar-refractivity contribution in [3.63, 3.8) is 0 Å². The topological polar surface area (TPSA) is 94.2 Å². The van der Waals surface area contributed by atoms with E-state index in [4.69, 9.17) is 18.1 Å². The summed E-state index contributed by atoms with van der Waals surface area (Å²) in [5.41, 5.74) is 5.57. The third kappa shape index (κ3) is 10.4. The highest BCUT2D eigenvalue weighted by molar-refractivity contribution is 6.87. The second-order valence-electron chi connectivity index (χ2n) is 6.63. The van der Waals surface area contributed by atoms with Crippen LogP contribution in [-0.2, 0) is 12.3 Å². The van der Waals surface area contributed by atoms with E-state index in [1.807, 2.05) is 19.6 Å². The maximum absolute atomic E-state index is 10.1. The van der Waals surface area contributed by atoms with E-state index in [2.05, 4.69) is 0 Å². The van der Waals surface area contributed by atoms with Crippen LogP contribution in [0.3, 0.4) is 0 Å². The van der Waals surface area contributed by atoms with Gasteiger partial charge in [0.15, 0.2) is 0 Å². The van der Waals surface area contributed by atoms with Gasteiger partial charge in [-0.2, -0.15) is 0 Å². The minimum absolute atomic E-state index is 0.561. The van der Waals surface area contributed by atoms with Crippen molar-refractivity contribution in [3.05, 3.63) is 0 Å². The molecule has 0 amide bonds. The monoisotopic (exact) mass is 357 g/mol. The number of hydrogen-bond acceptors (Lipinski definition) is 6. The highest BCUT2D eigenvalue weighted by Gasteiger charge is 2.45. The smallest absolute Gasteiger partial charge is 0.320 e. The van der Waals surface area contributed by atoms with Crippen LogP contribution in [0.2, 0.25) is 51.9 Å². The predicted octanol–water partition coefficient (Wildman–Crippen LogP) is 1.55. The minimum atomic E-state index is -2.69. The maximum atomic E-state index is 10.1. The molecule has 0 radical (unpaired) electrons. The van der Waals surface area contributed by atoms with Gasteiger partial charge >= 0.3 is 34.2 Å². The molecule has 4 N–H and O–H groups in total. The Morgan fingerprint density at radius 3 is 1.60 bits per heavy atom. The zero-order chi connectivity index (χ0) is 16.2. The number of hydrogen-bond donors (Lipinski definition) is 3. The van der Waals surface area contributed by atoms with E-state index in [-0.39, 0.29) is 0 Å². The van der Waals surface area contributed by atoms with Gasteiger partial charge < -0.3 is 27.7 Å². The predicted molar refractivity (Wildman–Crippen MR) is 90.2 cm³/mol. The summed E-state index contributed by atoms with van der Waals surface area (Å²) >= 11 is 0. The molecule has 122 valence electrons. The molecular formula is C10H31NO5Si4. The quantitative estimate of drug-likeness (QED) is 0.542. The van der Waals surface area contributed by atoms with Gasteiger partial charge in [0.1, 0.15) is 0 Å². The summed E-state index contributed by atoms with van der Waals surface area (Å²) in [5.74, 6) is 0. The Morgan fingerprint density at radius 2 is 1.25 bits per heavy atom. The summed E-state index contributed by atoms with van der Waals surface area (Å²) in [4.78, 5) is 20.0. The summed E-state index contributed by atoms with van der Waals surface area (Å²) in [7, 11) is -10.4. The first kappa shape index (κ1) is 20.6. The Labute approximate surface area is 127 Å². The van der Waals surface area contributed by atoms with Crippen molar-refractivity contribution in [2.45, 2.75) is 58.3 Å². The average molecular weight is 358 g/mol. The van der Waals surface area contributed by atoms with Crippen molar-refractivity contribution >= 4 is 34.2 Å². The Hall–Kier alpha value is 0.628. The molecule has 10 heteroatoms. The molecule has 1 unspecified atom stereocenters. The van der Waals surface area contributed by atoms with Gasteiger partial charge in [-0.05, 0) is 64.8 Å². The van der Waals surface area contributed by atoms with E-state index in [0.29, 0.717) is 12.6 Å². The highest BCUT2D eigenvalue weighted by Crippen LogP contribution is 2.26. The SMILES string of the molecule is C[Si](C)(O)O[Si](C)(C)O[Si](C)(CCCN)O[Si](C)(C)O. The van der Waals surface area contributed by atoms with Gasteiger partial charge in [-0.15, -0.1) is 0 Å². The fourth-order valence-corrected chi connectivity index (χ4v) is 18.2. The van der Waals surface area contributed by atoms with Crippen molar-refractivity contribution in [2.75, 3.05) is 6.54 Å². The lowest BCUT2D eigenvalue weighted by atomic mass is 10.5. The van der Waals surface area contributed by atoms with Crippen molar-refractivity contribution in [2.24, 2.45) is 5.73 Å². The summed E-state index contributed by atoms with van der Waals surface area (Å²) in [6, 6.07) is 0.716. The maximum Gasteiger partial charge on any atom is 0.320 e. The Bertz CT molecular complexity index is 305. The second-order valence-corrected chi connectivity index (χ2v) is 20.4. The van der Waals surface area contributed by atoms with Crippen LogP contribution in [0.25, 0.3) is 0 Å². The molecule has 0 bridgehead atoms. The molecule has 0 aliphatic heterocycles. The molecule has 0 saturated heterocycles. The third-order valence-corrected chi connectivity index (χ3v) is 14.9. The van der Waals surface area contributed by atoms with Crippen LogP contribution >= 0.6 is 0 Å². The lowest BCUT2D eigenvalue weighted by Crippen LogP contribution is -2.58. The van der Waals surface area contributed by atoms with Gasteiger partial charge in [0.05, 0.1) is 0 Å². The number of rotatable bonds is 9. The molecule has 20 heavy (non-hydrogen) atoms. The third-order valence-electron chi connectivity index (χ3n) is 2.26. The lowest BCUT2D eigenvalue weighted by Gasteiger charge is -2.40. The molecule has 0 fully saturated rings. The summed E-state index contributed by atoms with van der Waals surface area (Å²) in [6.07, 6.45) is 0.789. The standard InChI is InChI=1S/C10H31NO5Si4/c1-17(2,12)14-19(5,6)16-20(7,10-8-9-11)15-18(3,4)13/h12-13H,8-11H2,1-7H3. The average Bonchev–Trinajstić information content (AvgIpc) is 2.05. The molecule has 0 saturated carbocycles. The van der Waals surface area contributed by atoms with E-state index in [1.54, 1.807) is 26.2 Å². The molecule has 0 heterocycles. The molecule has 0 aromatic rings. The normalized spacial score (nSPS) is 17.1. The van der Waals surface area contributed by atoms with E-state index in [9.17, 15) is 9.59 Å². The van der Waals surface area contributed by atoms with Gasteiger partial charge in [0.2, 0.25) is 0 Å². The minimum Gasteiger partial charge on any atom is -0.416 e. The summed E-state index contributed by atoms with van der Waals surface area (Å²) in [6.45, 7) is 13.2. The zero-order valence-corrected chi connectivity index (χ0v) is 17.8. The molecular weight excluding hydrogens is 326 g/mol. The first-order chi connectivity index (χ1) is 8.68. The van der Waals surface area contributed by atoms with Crippen molar-refractivity contribution in [3.8, 4) is 0 Å². The molecule has 0 rings (SSSR count).